The number of alkyl halides is 1. The lowest BCUT2D eigenvalue weighted by atomic mass is 9.90. The second-order valence-electron chi connectivity index (χ2n) is 8.89. The van der Waals surface area contributed by atoms with E-state index >= 15 is 4.39 Å². The third-order valence-corrected chi connectivity index (χ3v) is 6.94. The number of hydrogen-bond donors (Lipinski definition) is 1. The molecule has 3 atom stereocenters. The van der Waals surface area contributed by atoms with Gasteiger partial charge in [-0.05, 0) is 23.6 Å². The van der Waals surface area contributed by atoms with Gasteiger partial charge in [-0.25, -0.2) is 18.7 Å². The molecule has 1 aliphatic heterocycles. The zero-order chi connectivity index (χ0) is 26.9. The summed E-state index contributed by atoms with van der Waals surface area (Å²) < 4.78 is 32.0. The molecule has 1 saturated heterocycles. The normalized spacial score (nSPS) is 20.7. The number of rotatable bonds is 4. The van der Waals surface area contributed by atoms with Gasteiger partial charge in [0.2, 0.25) is 11.6 Å². The number of nitrogens with one attached hydrogen (secondary N) is 1. The molecule has 0 saturated carbocycles. The van der Waals surface area contributed by atoms with Gasteiger partial charge < -0.3 is 14.8 Å². The Kier molecular flexibility index (Phi) is 6.83. The van der Waals surface area contributed by atoms with Crippen LogP contribution in [0.4, 0.5) is 8.78 Å². The van der Waals surface area contributed by atoms with Crippen molar-refractivity contribution in [1.82, 2.24) is 24.8 Å². The van der Waals surface area contributed by atoms with Crippen molar-refractivity contribution in [3.63, 3.8) is 0 Å². The lowest BCUT2D eigenvalue weighted by molar-refractivity contribution is -0.151. The monoisotopic (exact) mass is 533 g/mol. The summed E-state index contributed by atoms with van der Waals surface area (Å²) in [7, 11) is 0. The number of nitrogens with zero attached hydrogens (tertiary/aromatic N) is 4. The average molecular weight is 534 g/mol. The largest absolute Gasteiger partial charge is 0.348 e. The lowest BCUT2D eigenvalue weighted by Crippen LogP contribution is -2.61. The summed E-state index contributed by atoms with van der Waals surface area (Å²) in [6.07, 6.45) is 4.26. The van der Waals surface area contributed by atoms with Gasteiger partial charge in [-0.1, -0.05) is 53.8 Å². The minimum absolute atomic E-state index is 0.0910. The Balaban J connectivity index is 1.68. The molecule has 2 aromatic carbocycles. The maximum Gasteiger partial charge on any atom is 0.269 e. The Morgan fingerprint density at radius 1 is 1.16 bits per heavy atom. The molecule has 1 fully saturated rings. The van der Waals surface area contributed by atoms with Crippen LogP contribution in [0.3, 0.4) is 0 Å². The summed E-state index contributed by atoms with van der Waals surface area (Å²) in [6.45, 7) is 0.685. The lowest BCUT2D eigenvalue weighted by Gasteiger charge is -2.40. The molecule has 2 amide bonds. The quantitative estimate of drug-likeness (QED) is 0.401. The van der Waals surface area contributed by atoms with Crippen molar-refractivity contribution in [1.29, 1.82) is 0 Å². The van der Waals surface area contributed by atoms with Crippen LogP contribution in [0.15, 0.2) is 73.4 Å². The number of carbonyl (C=O) groups is 2. The third-order valence-electron chi connectivity index (χ3n) is 6.65. The van der Waals surface area contributed by atoms with Crippen LogP contribution in [0.1, 0.15) is 18.1 Å². The molecule has 0 spiro atoms. The van der Waals surface area contributed by atoms with Crippen molar-refractivity contribution in [2.75, 3.05) is 6.54 Å². The first-order chi connectivity index (χ1) is 18.3. The smallest absolute Gasteiger partial charge is 0.269 e. The Bertz CT molecular complexity index is 1580. The van der Waals surface area contributed by atoms with Gasteiger partial charge >= 0.3 is 0 Å². The van der Waals surface area contributed by atoms with Crippen molar-refractivity contribution in [3.8, 4) is 11.8 Å². The number of benzene rings is 2. The van der Waals surface area contributed by atoms with Gasteiger partial charge in [0.05, 0.1) is 22.6 Å². The van der Waals surface area contributed by atoms with Gasteiger partial charge in [-0.15, -0.1) is 0 Å². The first-order valence-corrected chi connectivity index (χ1v) is 12.2. The number of fused-ring (bicyclic) bond motifs is 1. The van der Waals surface area contributed by atoms with E-state index in [4.69, 9.17) is 11.6 Å². The van der Waals surface area contributed by atoms with Crippen LogP contribution < -0.4 is 5.32 Å². The topological polar surface area (TPSA) is 80.1 Å². The van der Waals surface area contributed by atoms with Gasteiger partial charge in [0.1, 0.15) is 24.2 Å². The number of halogens is 3. The molecule has 7 nitrogen and oxygen atoms in total. The maximum atomic E-state index is 15.8. The van der Waals surface area contributed by atoms with Gasteiger partial charge in [0.25, 0.3) is 5.91 Å². The van der Waals surface area contributed by atoms with Crippen molar-refractivity contribution in [3.05, 3.63) is 95.4 Å². The van der Waals surface area contributed by atoms with Crippen LogP contribution in [0, 0.1) is 23.6 Å². The highest BCUT2D eigenvalue weighted by molar-refractivity contribution is 6.30. The van der Waals surface area contributed by atoms with E-state index in [2.05, 4.69) is 27.1 Å². The summed E-state index contributed by atoms with van der Waals surface area (Å²) in [5.41, 5.74) is -0.737. The summed E-state index contributed by atoms with van der Waals surface area (Å²) in [4.78, 5) is 36.2. The second kappa shape index (κ2) is 10.2. The molecule has 4 aromatic rings. The summed E-state index contributed by atoms with van der Waals surface area (Å²) >= 11 is 5.91. The fourth-order valence-electron chi connectivity index (χ4n) is 4.95. The second-order valence-corrected chi connectivity index (χ2v) is 9.29. The molecule has 0 radical (unpaired) electrons. The van der Waals surface area contributed by atoms with Crippen LogP contribution in [0.25, 0.3) is 10.9 Å². The van der Waals surface area contributed by atoms with E-state index in [1.54, 1.807) is 35.0 Å². The minimum Gasteiger partial charge on any atom is -0.348 e. The first kappa shape index (κ1) is 25.4. The highest BCUT2D eigenvalue weighted by Gasteiger charge is 2.61. The number of para-hydroxylation sites is 1. The van der Waals surface area contributed by atoms with E-state index in [1.807, 2.05) is 12.1 Å². The number of hydrogen-bond acceptors (Lipinski definition) is 4. The van der Waals surface area contributed by atoms with Gasteiger partial charge in [-0.2, -0.15) is 0 Å². The van der Waals surface area contributed by atoms with Crippen LogP contribution in [0.5, 0.6) is 0 Å². The SMILES string of the molecule is CC(=O)N1CC(F)C(C#Cc2cncnc2)C1(C(=O)NCc1cccc(Cl)c1F)n1ccc2ccccc21. The molecule has 10 heteroatoms. The van der Waals surface area contributed by atoms with Gasteiger partial charge in [0.15, 0.2) is 0 Å². The molecule has 192 valence electrons. The fourth-order valence-corrected chi connectivity index (χ4v) is 5.14. The van der Waals surface area contributed by atoms with E-state index in [0.29, 0.717) is 11.1 Å². The minimum atomic E-state index is -1.91. The molecule has 5 rings (SSSR count). The zero-order valence-corrected chi connectivity index (χ0v) is 21.0. The summed E-state index contributed by atoms with van der Waals surface area (Å²) in [6, 6.07) is 13.5. The maximum absolute atomic E-state index is 15.8. The van der Waals surface area contributed by atoms with Gasteiger partial charge in [-0.3, -0.25) is 9.59 Å². The van der Waals surface area contributed by atoms with Crippen molar-refractivity contribution in [2.45, 2.75) is 25.3 Å². The number of amides is 2. The molecule has 3 heterocycles. The predicted octanol–water partition coefficient (Wildman–Crippen LogP) is 4.06. The molecule has 1 aliphatic rings. The van der Waals surface area contributed by atoms with E-state index < -0.39 is 35.4 Å². The summed E-state index contributed by atoms with van der Waals surface area (Å²) in [5, 5.41) is 3.42. The predicted molar refractivity (Wildman–Crippen MR) is 138 cm³/mol. The van der Waals surface area contributed by atoms with Gasteiger partial charge in [0, 0.05) is 37.6 Å². The number of carbonyl (C=O) groups excluding carboxylic acids is 2. The Morgan fingerprint density at radius 3 is 2.68 bits per heavy atom. The molecule has 3 unspecified atom stereocenters. The fraction of sp³-hybridized carbons (Fsp3) is 0.214. The van der Waals surface area contributed by atoms with E-state index in [-0.39, 0.29) is 23.7 Å². The van der Waals surface area contributed by atoms with E-state index in [0.717, 1.165) is 5.39 Å². The van der Waals surface area contributed by atoms with Crippen LogP contribution >= 0.6 is 11.6 Å². The average Bonchev–Trinajstić information content (AvgIpc) is 3.48. The first-order valence-electron chi connectivity index (χ1n) is 11.8. The highest BCUT2D eigenvalue weighted by atomic mass is 35.5. The number of likely N-dealkylation sites (tertiary alicyclic amines) is 1. The third kappa shape index (κ3) is 4.27. The molecule has 38 heavy (non-hydrogen) atoms. The van der Waals surface area contributed by atoms with E-state index in [9.17, 15) is 14.0 Å². The van der Waals surface area contributed by atoms with Crippen LogP contribution in [-0.4, -0.2) is 44.0 Å². The summed E-state index contributed by atoms with van der Waals surface area (Å²) in [5.74, 6) is 2.60. The van der Waals surface area contributed by atoms with E-state index in [1.165, 1.54) is 42.7 Å². The van der Waals surface area contributed by atoms with Crippen molar-refractivity contribution in [2.24, 2.45) is 5.92 Å². The Hall–Kier alpha value is -4.29. The Labute approximate surface area is 222 Å². The molecule has 0 bridgehead atoms. The molecular formula is C28H22ClF2N5O2. The molecule has 0 aliphatic carbocycles. The highest BCUT2D eigenvalue weighted by Crippen LogP contribution is 2.43. The van der Waals surface area contributed by atoms with Crippen molar-refractivity contribution >= 4 is 34.3 Å². The van der Waals surface area contributed by atoms with Crippen LogP contribution in [0.2, 0.25) is 5.02 Å². The van der Waals surface area contributed by atoms with Crippen LogP contribution in [-0.2, 0) is 21.8 Å². The Morgan fingerprint density at radius 2 is 1.92 bits per heavy atom. The standard InChI is InChI=1S/C28H22ClF2N5O2/c1-18(37)36-16-24(30)22(10-9-19-13-32-17-33-14-19)28(36,35-12-11-20-5-2-3-8-25(20)35)27(38)34-15-21-6-4-7-23(29)26(21)31/h2-8,11-14,17,22,24H,15-16H2,1H3,(H,34,38). The molecule has 2 aromatic heterocycles. The van der Waals surface area contributed by atoms with Crippen molar-refractivity contribution < 1.29 is 18.4 Å². The zero-order valence-electron chi connectivity index (χ0n) is 20.2. The molecular weight excluding hydrogens is 512 g/mol. The molecule has 1 N–H and O–H groups in total. The number of aromatic nitrogens is 3.